The zero-order valence-electron chi connectivity index (χ0n) is 9.84. The first-order valence-corrected chi connectivity index (χ1v) is 4.90. The number of hydrogen-bond acceptors (Lipinski definition) is 4. The lowest BCUT2D eigenvalue weighted by molar-refractivity contribution is -0.139. The molecule has 0 amide bonds. The Bertz CT molecular complexity index is 487. The fraction of sp³-hybridized carbons (Fsp3) is 0.167. The van der Waals surface area contributed by atoms with E-state index in [0.717, 1.165) is 6.08 Å². The van der Waals surface area contributed by atoms with Crippen LogP contribution in [0.4, 0.5) is 0 Å². The van der Waals surface area contributed by atoms with Crippen molar-refractivity contribution < 1.29 is 29.3 Å². The molecule has 6 nitrogen and oxygen atoms in total. The van der Waals surface area contributed by atoms with Crippen molar-refractivity contribution in [3.8, 4) is 11.5 Å². The van der Waals surface area contributed by atoms with Crippen LogP contribution >= 0.6 is 0 Å². The normalized spacial score (nSPS) is 9.44. The van der Waals surface area contributed by atoms with Crippen LogP contribution in [-0.4, -0.2) is 36.4 Å². The third kappa shape index (κ3) is 2.79. The van der Waals surface area contributed by atoms with Gasteiger partial charge in [-0.25, -0.2) is 9.59 Å². The molecule has 1 aromatic rings. The molecule has 0 aliphatic heterocycles. The number of rotatable bonds is 5. The zero-order valence-corrected chi connectivity index (χ0v) is 9.84. The Hall–Kier alpha value is -2.50. The fourth-order valence-corrected chi connectivity index (χ4v) is 1.40. The quantitative estimate of drug-likeness (QED) is 0.465. The lowest BCUT2D eigenvalue weighted by atomic mass is 10.1. The average molecular weight is 252 g/mol. The highest BCUT2D eigenvalue weighted by Gasteiger charge is 2.18. The van der Waals surface area contributed by atoms with Crippen molar-refractivity contribution in [2.45, 2.75) is 0 Å². The van der Waals surface area contributed by atoms with Crippen molar-refractivity contribution in [2.24, 2.45) is 0 Å². The molecule has 0 saturated heterocycles. The van der Waals surface area contributed by atoms with Crippen molar-refractivity contribution in [1.29, 1.82) is 0 Å². The molecule has 0 aliphatic carbocycles. The van der Waals surface area contributed by atoms with Gasteiger partial charge >= 0.3 is 11.9 Å². The standard InChI is InChI=1S/C12H12O6/c1-17-9-5-3-4-7(10(9)18-2)6-8(11(13)14)12(15)16/h3-6H,1-2H3,(H,13,14)(H,15,16). The van der Waals surface area contributed by atoms with Gasteiger partial charge in [-0.3, -0.25) is 0 Å². The molecule has 0 aromatic heterocycles. The number of carboxylic acids is 2. The third-order valence-corrected chi connectivity index (χ3v) is 2.19. The van der Waals surface area contributed by atoms with E-state index in [2.05, 4.69) is 0 Å². The van der Waals surface area contributed by atoms with Crippen LogP contribution in [-0.2, 0) is 9.59 Å². The largest absolute Gasteiger partial charge is 0.493 e. The molecule has 96 valence electrons. The van der Waals surface area contributed by atoms with Crippen molar-refractivity contribution in [3.05, 3.63) is 29.3 Å². The van der Waals surface area contributed by atoms with Crippen molar-refractivity contribution in [3.63, 3.8) is 0 Å². The molecule has 0 atom stereocenters. The summed E-state index contributed by atoms with van der Waals surface area (Å²) in [6, 6.07) is 4.76. The summed E-state index contributed by atoms with van der Waals surface area (Å²) >= 11 is 0. The maximum absolute atomic E-state index is 10.8. The lowest BCUT2D eigenvalue weighted by Gasteiger charge is -2.10. The van der Waals surface area contributed by atoms with E-state index in [1.807, 2.05) is 0 Å². The maximum Gasteiger partial charge on any atom is 0.343 e. The van der Waals surface area contributed by atoms with Crippen LogP contribution in [0.25, 0.3) is 6.08 Å². The molecule has 0 bridgehead atoms. The minimum absolute atomic E-state index is 0.278. The molecular formula is C12H12O6. The van der Waals surface area contributed by atoms with Crippen molar-refractivity contribution >= 4 is 18.0 Å². The van der Waals surface area contributed by atoms with Gasteiger partial charge < -0.3 is 19.7 Å². The van der Waals surface area contributed by atoms with Gasteiger partial charge in [0, 0.05) is 5.56 Å². The SMILES string of the molecule is COc1cccc(C=C(C(=O)O)C(=O)O)c1OC. The highest BCUT2D eigenvalue weighted by molar-refractivity contribution is 6.16. The molecule has 1 aromatic carbocycles. The van der Waals surface area contributed by atoms with Gasteiger partial charge in [0.25, 0.3) is 0 Å². The summed E-state index contributed by atoms with van der Waals surface area (Å²) in [6.45, 7) is 0. The fourth-order valence-electron chi connectivity index (χ4n) is 1.40. The molecule has 0 aliphatic rings. The number of carboxylic acid groups (broad SMARTS) is 2. The van der Waals surface area contributed by atoms with Crippen LogP contribution in [0.5, 0.6) is 11.5 Å². The molecule has 0 spiro atoms. The monoisotopic (exact) mass is 252 g/mol. The molecule has 2 N–H and O–H groups in total. The summed E-state index contributed by atoms with van der Waals surface area (Å²) in [5.74, 6) is -2.37. The van der Waals surface area contributed by atoms with Gasteiger partial charge in [0.2, 0.25) is 0 Å². The minimum Gasteiger partial charge on any atom is -0.493 e. The van der Waals surface area contributed by atoms with Crippen LogP contribution in [0.3, 0.4) is 0 Å². The van der Waals surface area contributed by atoms with Crippen LogP contribution in [0.2, 0.25) is 0 Å². The molecule has 18 heavy (non-hydrogen) atoms. The van der Waals surface area contributed by atoms with Gasteiger partial charge in [0.1, 0.15) is 5.57 Å². The maximum atomic E-state index is 10.8. The topological polar surface area (TPSA) is 93.1 Å². The number of methoxy groups -OCH3 is 2. The van der Waals surface area contributed by atoms with E-state index >= 15 is 0 Å². The Morgan fingerprint density at radius 3 is 2.17 bits per heavy atom. The lowest BCUT2D eigenvalue weighted by Crippen LogP contribution is -2.11. The van der Waals surface area contributed by atoms with Gasteiger partial charge in [0.15, 0.2) is 11.5 Å². The van der Waals surface area contributed by atoms with E-state index in [4.69, 9.17) is 19.7 Å². The second-order valence-electron chi connectivity index (χ2n) is 3.25. The smallest absolute Gasteiger partial charge is 0.343 e. The number of carbonyl (C=O) groups is 2. The molecule has 0 unspecified atom stereocenters. The minimum atomic E-state index is -1.52. The number of aliphatic carboxylic acids is 2. The first kappa shape index (κ1) is 13.6. The first-order valence-electron chi connectivity index (χ1n) is 4.90. The average Bonchev–Trinajstić information content (AvgIpc) is 2.34. The summed E-state index contributed by atoms with van der Waals surface area (Å²) in [5, 5.41) is 17.5. The van der Waals surface area contributed by atoms with Crippen LogP contribution in [0.15, 0.2) is 23.8 Å². The van der Waals surface area contributed by atoms with Crippen LogP contribution in [0, 0.1) is 0 Å². The van der Waals surface area contributed by atoms with Gasteiger partial charge in [-0.05, 0) is 12.1 Å². The molecule has 0 saturated carbocycles. The van der Waals surface area contributed by atoms with E-state index in [-0.39, 0.29) is 5.75 Å². The number of hydrogen-bond donors (Lipinski definition) is 2. The Kier molecular flexibility index (Phi) is 4.31. The second-order valence-corrected chi connectivity index (χ2v) is 3.25. The third-order valence-electron chi connectivity index (χ3n) is 2.19. The molecule has 0 fully saturated rings. The summed E-state index contributed by atoms with van der Waals surface area (Å²) in [4.78, 5) is 21.6. The molecular weight excluding hydrogens is 240 g/mol. The highest BCUT2D eigenvalue weighted by Crippen LogP contribution is 2.32. The van der Waals surface area contributed by atoms with Crippen LogP contribution < -0.4 is 9.47 Å². The predicted molar refractivity (Wildman–Crippen MR) is 62.8 cm³/mol. The first-order chi connectivity index (χ1) is 8.51. The van der Waals surface area contributed by atoms with Crippen molar-refractivity contribution in [1.82, 2.24) is 0 Å². The van der Waals surface area contributed by atoms with Gasteiger partial charge in [-0.2, -0.15) is 0 Å². The molecule has 0 radical (unpaired) electrons. The molecule has 6 heteroatoms. The van der Waals surface area contributed by atoms with Crippen LogP contribution in [0.1, 0.15) is 5.56 Å². The van der Waals surface area contributed by atoms with Gasteiger partial charge in [-0.1, -0.05) is 12.1 Å². The summed E-state index contributed by atoms with van der Waals surface area (Å²) in [5.41, 5.74) is -0.432. The highest BCUT2D eigenvalue weighted by atomic mass is 16.5. The van der Waals surface area contributed by atoms with E-state index < -0.39 is 17.5 Å². The van der Waals surface area contributed by atoms with E-state index in [1.54, 1.807) is 12.1 Å². The Morgan fingerprint density at radius 2 is 1.72 bits per heavy atom. The summed E-state index contributed by atoms with van der Waals surface area (Å²) < 4.78 is 10.1. The molecule has 1 rings (SSSR count). The van der Waals surface area contributed by atoms with Gasteiger partial charge in [0.05, 0.1) is 14.2 Å². The van der Waals surface area contributed by atoms with E-state index in [0.29, 0.717) is 11.3 Å². The van der Waals surface area contributed by atoms with Gasteiger partial charge in [-0.15, -0.1) is 0 Å². The second kappa shape index (κ2) is 5.72. The number of ether oxygens (including phenoxy) is 2. The van der Waals surface area contributed by atoms with E-state index in [9.17, 15) is 9.59 Å². The number of para-hydroxylation sites is 1. The number of benzene rings is 1. The summed E-state index contributed by atoms with van der Waals surface area (Å²) in [7, 11) is 2.82. The van der Waals surface area contributed by atoms with Crippen molar-refractivity contribution in [2.75, 3.05) is 14.2 Å². The molecule has 0 heterocycles. The van der Waals surface area contributed by atoms with E-state index in [1.165, 1.54) is 20.3 Å². The summed E-state index contributed by atoms with van der Waals surface area (Å²) in [6.07, 6.45) is 1.02. The Labute approximate surface area is 103 Å². The Balaban J connectivity index is 3.37. The predicted octanol–water partition coefficient (Wildman–Crippen LogP) is 1.26. The Morgan fingerprint density at radius 1 is 1.11 bits per heavy atom. The zero-order chi connectivity index (χ0) is 13.7.